The number of aliphatic imine (C=N–C) groups is 1. The highest BCUT2D eigenvalue weighted by molar-refractivity contribution is 6.30. The van der Waals surface area contributed by atoms with Gasteiger partial charge in [-0.15, -0.1) is 0 Å². The molecule has 0 radical (unpaired) electrons. The van der Waals surface area contributed by atoms with Crippen molar-refractivity contribution in [1.29, 1.82) is 0 Å². The predicted molar refractivity (Wildman–Crippen MR) is 119 cm³/mol. The molecule has 1 unspecified atom stereocenters. The second kappa shape index (κ2) is 11.0. The molecule has 7 nitrogen and oxygen atoms in total. The second-order valence-electron chi connectivity index (χ2n) is 6.94. The Labute approximate surface area is 188 Å². The molecule has 1 aromatic heterocycles. The highest BCUT2D eigenvalue weighted by Gasteiger charge is 2.30. The molecule has 0 spiro atoms. The van der Waals surface area contributed by atoms with Crippen LogP contribution in [0.3, 0.4) is 0 Å². The molecule has 2 rings (SSSR count). The standard InChI is InChI=1S/C21H23ClF3N5O2/c1-13(31)10-27-17(7-8-26)16-11-28-19(22)9-18(16)30(2)12-20(32)29-15-5-3-14(4-6-15)21(23,24)25/h3-9,11,13,31H,10,12,26H2,1-2H3,(H,29,32)/b8-7-,27-17?. The number of alkyl halides is 3. The Morgan fingerprint density at radius 2 is 2.03 bits per heavy atom. The molecular formula is C21H23ClF3N5O2. The number of allylic oxidation sites excluding steroid dienone is 1. The molecule has 1 atom stereocenters. The number of aromatic nitrogens is 1. The molecule has 172 valence electrons. The van der Waals surface area contributed by atoms with Crippen LogP contribution in [0.2, 0.25) is 5.15 Å². The Kier molecular flexibility index (Phi) is 8.62. The monoisotopic (exact) mass is 469 g/mol. The van der Waals surface area contributed by atoms with E-state index in [9.17, 15) is 23.1 Å². The number of nitrogens with two attached hydrogens (primary N) is 1. The zero-order chi connectivity index (χ0) is 23.9. The fraction of sp³-hybridized carbons (Fsp3) is 0.286. The fourth-order valence-electron chi connectivity index (χ4n) is 2.73. The van der Waals surface area contributed by atoms with E-state index in [0.717, 1.165) is 12.1 Å². The molecule has 0 fully saturated rings. The molecule has 0 aliphatic carbocycles. The highest BCUT2D eigenvalue weighted by Crippen LogP contribution is 2.30. The number of anilines is 2. The number of pyridine rings is 1. The molecule has 0 saturated carbocycles. The number of aliphatic hydroxyl groups is 1. The maximum Gasteiger partial charge on any atom is 0.416 e. The van der Waals surface area contributed by atoms with E-state index in [2.05, 4.69) is 15.3 Å². The molecule has 2 aromatic rings. The first-order chi connectivity index (χ1) is 15.0. The largest absolute Gasteiger partial charge is 0.416 e. The number of nitrogens with zero attached hydrogens (tertiary/aromatic N) is 3. The Balaban J connectivity index is 2.21. The quantitative estimate of drug-likeness (QED) is 0.405. The molecule has 0 aliphatic rings. The molecule has 4 N–H and O–H groups in total. The van der Waals surface area contributed by atoms with Gasteiger partial charge in [0.1, 0.15) is 5.15 Å². The van der Waals surface area contributed by atoms with E-state index in [1.165, 1.54) is 30.6 Å². The van der Waals surface area contributed by atoms with Crippen LogP contribution in [0.15, 0.2) is 53.8 Å². The molecular weight excluding hydrogens is 447 g/mol. The van der Waals surface area contributed by atoms with Gasteiger partial charge in [-0.3, -0.25) is 9.79 Å². The molecule has 1 amide bonds. The lowest BCUT2D eigenvalue weighted by Crippen LogP contribution is -2.31. The number of hydrogen-bond acceptors (Lipinski definition) is 6. The maximum absolute atomic E-state index is 12.7. The summed E-state index contributed by atoms with van der Waals surface area (Å²) in [5.74, 6) is -0.456. The predicted octanol–water partition coefficient (Wildman–Crippen LogP) is 3.47. The number of rotatable bonds is 8. The number of halogens is 4. The number of nitrogens with one attached hydrogen (secondary N) is 1. The van der Waals surface area contributed by atoms with Gasteiger partial charge in [0.15, 0.2) is 0 Å². The van der Waals surface area contributed by atoms with Crippen molar-refractivity contribution < 1.29 is 23.1 Å². The molecule has 11 heteroatoms. The summed E-state index contributed by atoms with van der Waals surface area (Å²) < 4.78 is 38.1. The van der Waals surface area contributed by atoms with E-state index < -0.39 is 23.8 Å². The fourth-order valence-corrected chi connectivity index (χ4v) is 2.88. The van der Waals surface area contributed by atoms with Crippen molar-refractivity contribution in [3.05, 3.63) is 65.1 Å². The van der Waals surface area contributed by atoms with Crippen molar-refractivity contribution in [1.82, 2.24) is 4.98 Å². The van der Waals surface area contributed by atoms with Gasteiger partial charge in [-0.2, -0.15) is 13.2 Å². The molecule has 1 heterocycles. The van der Waals surface area contributed by atoms with Crippen LogP contribution in [0, 0.1) is 0 Å². The molecule has 0 bridgehead atoms. The van der Waals surface area contributed by atoms with Crippen molar-refractivity contribution in [2.75, 3.05) is 30.4 Å². The number of aliphatic hydroxyl groups excluding tert-OH is 1. The summed E-state index contributed by atoms with van der Waals surface area (Å²) in [6, 6.07) is 5.70. The minimum Gasteiger partial charge on any atom is -0.405 e. The smallest absolute Gasteiger partial charge is 0.405 e. The van der Waals surface area contributed by atoms with Gasteiger partial charge >= 0.3 is 6.18 Å². The van der Waals surface area contributed by atoms with Crippen LogP contribution in [0.4, 0.5) is 24.5 Å². The van der Waals surface area contributed by atoms with Gasteiger partial charge in [-0.25, -0.2) is 4.98 Å². The Hall–Kier alpha value is -3.11. The summed E-state index contributed by atoms with van der Waals surface area (Å²) in [7, 11) is 1.64. The summed E-state index contributed by atoms with van der Waals surface area (Å²) in [6.07, 6.45) is -0.830. The third kappa shape index (κ3) is 7.24. The molecule has 32 heavy (non-hydrogen) atoms. The van der Waals surface area contributed by atoms with Crippen LogP contribution in [0.25, 0.3) is 0 Å². The average Bonchev–Trinajstić information content (AvgIpc) is 2.70. The van der Waals surface area contributed by atoms with Crippen LogP contribution in [-0.2, 0) is 11.0 Å². The van der Waals surface area contributed by atoms with E-state index in [1.807, 2.05) is 0 Å². The van der Waals surface area contributed by atoms with Crippen molar-refractivity contribution in [3.63, 3.8) is 0 Å². The molecule has 0 aliphatic heterocycles. The van der Waals surface area contributed by atoms with Gasteiger partial charge < -0.3 is 21.1 Å². The number of benzene rings is 1. The summed E-state index contributed by atoms with van der Waals surface area (Å²) in [5, 5.41) is 12.3. The van der Waals surface area contributed by atoms with Gasteiger partial charge in [-0.05, 0) is 49.5 Å². The summed E-state index contributed by atoms with van der Waals surface area (Å²) in [4.78, 5) is 22.4. The summed E-state index contributed by atoms with van der Waals surface area (Å²) in [6.45, 7) is 1.58. The van der Waals surface area contributed by atoms with E-state index in [0.29, 0.717) is 17.0 Å². The van der Waals surface area contributed by atoms with Crippen LogP contribution >= 0.6 is 11.6 Å². The van der Waals surface area contributed by atoms with E-state index in [4.69, 9.17) is 17.3 Å². The number of carbonyl (C=O) groups excluding carboxylic acids is 1. The van der Waals surface area contributed by atoms with E-state index >= 15 is 0 Å². The lowest BCUT2D eigenvalue weighted by atomic mass is 10.1. The first-order valence-corrected chi connectivity index (χ1v) is 9.84. The van der Waals surface area contributed by atoms with Crippen molar-refractivity contribution in [2.45, 2.75) is 19.2 Å². The summed E-state index contributed by atoms with van der Waals surface area (Å²) >= 11 is 6.04. The Morgan fingerprint density at radius 1 is 1.38 bits per heavy atom. The van der Waals surface area contributed by atoms with Crippen molar-refractivity contribution >= 4 is 34.6 Å². The lowest BCUT2D eigenvalue weighted by Gasteiger charge is -2.22. The van der Waals surface area contributed by atoms with Crippen LogP contribution in [-0.4, -0.2) is 48.0 Å². The van der Waals surface area contributed by atoms with Crippen molar-refractivity contribution in [2.24, 2.45) is 10.7 Å². The zero-order valence-corrected chi connectivity index (χ0v) is 18.2. The number of likely N-dealkylation sites (N-methyl/N-ethyl adjacent to an activating group) is 1. The number of carbonyl (C=O) groups is 1. The van der Waals surface area contributed by atoms with Gasteiger partial charge in [-0.1, -0.05) is 11.6 Å². The van der Waals surface area contributed by atoms with Crippen LogP contribution in [0.1, 0.15) is 18.1 Å². The van der Waals surface area contributed by atoms with Gasteiger partial charge in [0.05, 0.1) is 36.2 Å². The zero-order valence-electron chi connectivity index (χ0n) is 17.4. The lowest BCUT2D eigenvalue weighted by molar-refractivity contribution is -0.137. The normalized spacial score (nSPS) is 13.3. The Morgan fingerprint density at radius 3 is 2.59 bits per heavy atom. The SMILES string of the molecule is CC(O)CN=C(/C=C\N)c1cnc(Cl)cc1N(C)CC(=O)Nc1ccc(C(F)(F)F)cc1. The maximum atomic E-state index is 12.7. The van der Waals surface area contributed by atoms with Gasteiger partial charge in [0.25, 0.3) is 0 Å². The van der Waals surface area contributed by atoms with Gasteiger partial charge in [0, 0.05) is 24.5 Å². The number of amides is 1. The summed E-state index contributed by atoms with van der Waals surface area (Å²) in [5.41, 5.74) is 6.43. The minimum atomic E-state index is -4.45. The van der Waals surface area contributed by atoms with Crippen LogP contribution < -0.4 is 16.0 Å². The van der Waals surface area contributed by atoms with E-state index in [1.54, 1.807) is 24.9 Å². The second-order valence-corrected chi connectivity index (χ2v) is 7.32. The van der Waals surface area contributed by atoms with E-state index in [-0.39, 0.29) is 23.9 Å². The third-order valence-corrected chi connectivity index (χ3v) is 4.40. The van der Waals surface area contributed by atoms with Gasteiger partial charge in [0.2, 0.25) is 5.91 Å². The third-order valence-electron chi connectivity index (χ3n) is 4.19. The van der Waals surface area contributed by atoms with Crippen LogP contribution in [0.5, 0.6) is 0 Å². The first-order valence-electron chi connectivity index (χ1n) is 9.46. The molecule has 0 saturated heterocycles. The highest BCUT2D eigenvalue weighted by atomic mass is 35.5. The van der Waals surface area contributed by atoms with Crippen molar-refractivity contribution in [3.8, 4) is 0 Å². The minimum absolute atomic E-state index is 0.125. The molecule has 1 aromatic carbocycles. The first kappa shape index (κ1) is 25.2. The Bertz CT molecular complexity index is 992. The number of hydrogen-bond donors (Lipinski definition) is 3. The average molecular weight is 470 g/mol. The topological polar surface area (TPSA) is 104 Å².